The number of pyridine rings is 1. The first-order valence-electron chi connectivity index (χ1n) is 3.68. The number of nitrogens with zero attached hydrogens (tertiary/aromatic N) is 1. The predicted octanol–water partition coefficient (Wildman–Crippen LogP) is 2.40. The first kappa shape index (κ1) is 8.31. The van der Waals surface area contributed by atoms with Crippen LogP contribution in [0, 0.1) is 0 Å². The fourth-order valence-corrected chi connectivity index (χ4v) is 1.66. The molecule has 0 aliphatic rings. The van der Waals surface area contributed by atoms with Crippen molar-refractivity contribution >= 4 is 27.4 Å². The summed E-state index contributed by atoms with van der Waals surface area (Å²) < 4.78 is 2.78. The number of carboxylic acids is 1. The van der Waals surface area contributed by atoms with Crippen molar-refractivity contribution in [2.24, 2.45) is 0 Å². The van der Waals surface area contributed by atoms with Crippen LogP contribution in [0.25, 0.3) is 5.52 Å². The topological polar surface area (TPSA) is 41.7 Å². The van der Waals surface area contributed by atoms with Gasteiger partial charge in [-0.25, -0.2) is 4.79 Å². The van der Waals surface area contributed by atoms with Gasteiger partial charge in [0.1, 0.15) is 0 Å². The van der Waals surface area contributed by atoms with E-state index in [1.165, 1.54) is 0 Å². The summed E-state index contributed by atoms with van der Waals surface area (Å²) >= 11 is 3.34. The first-order chi connectivity index (χ1) is 6.18. The van der Waals surface area contributed by atoms with Crippen LogP contribution >= 0.6 is 15.9 Å². The summed E-state index contributed by atoms with van der Waals surface area (Å²) in [4.78, 5) is 10.6. The molecular formula is C9H6BrNO2. The van der Waals surface area contributed by atoms with Crippen molar-refractivity contribution in [1.29, 1.82) is 0 Å². The number of hydrogen-bond donors (Lipinski definition) is 1. The molecule has 0 aromatic carbocycles. The molecule has 0 saturated heterocycles. The van der Waals surface area contributed by atoms with Crippen LogP contribution in [-0.4, -0.2) is 15.5 Å². The summed E-state index contributed by atoms with van der Waals surface area (Å²) in [6, 6.07) is 6.94. The van der Waals surface area contributed by atoms with Crippen LogP contribution in [0.3, 0.4) is 0 Å². The molecule has 0 atom stereocenters. The molecule has 2 aromatic heterocycles. The predicted molar refractivity (Wildman–Crippen MR) is 52.1 cm³/mol. The van der Waals surface area contributed by atoms with E-state index in [1.807, 2.05) is 16.5 Å². The highest BCUT2D eigenvalue weighted by Crippen LogP contribution is 2.16. The summed E-state index contributed by atoms with van der Waals surface area (Å²) in [6.07, 6.45) is 1.73. The summed E-state index contributed by atoms with van der Waals surface area (Å²) in [6.45, 7) is 0. The Balaban J connectivity index is 2.70. The van der Waals surface area contributed by atoms with Crippen LogP contribution in [0.15, 0.2) is 35.1 Å². The Labute approximate surface area is 82.7 Å². The summed E-state index contributed by atoms with van der Waals surface area (Å²) in [7, 11) is 0. The zero-order valence-electron chi connectivity index (χ0n) is 6.57. The highest BCUT2D eigenvalue weighted by Gasteiger charge is 2.04. The van der Waals surface area contributed by atoms with Crippen molar-refractivity contribution in [1.82, 2.24) is 4.40 Å². The molecule has 13 heavy (non-hydrogen) atoms. The Hall–Kier alpha value is -1.29. The standard InChI is InChI=1S/C9H6BrNO2/c10-8-2-1-7-5-6(9(12)13)3-4-11(7)8/h1-5H,(H,12,13). The van der Waals surface area contributed by atoms with Gasteiger partial charge in [0.25, 0.3) is 0 Å². The molecule has 0 saturated carbocycles. The number of aromatic nitrogens is 1. The van der Waals surface area contributed by atoms with Gasteiger partial charge in [0.05, 0.1) is 10.2 Å². The normalized spacial score (nSPS) is 10.5. The number of carbonyl (C=O) groups is 1. The van der Waals surface area contributed by atoms with Gasteiger partial charge in [-0.15, -0.1) is 0 Å². The molecule has 2 heterocycles. The molecule has 0 radical (unpaired) electrons. The lowest BCUT2D eigenvalue weighted by atomic mass is 10.2. The van der Waals surface area contributed by atoms with E-state index in [4.69, 9.17) is 5.11 Å². The lowest BCUT2D eigenvalue weighted by Gasteiger charge is -1.98. The zero-order valence-corrected chi connectivity index (χ0v) is 8.15. The SMILES string of the molecule is O=C(O)c1ccn2c(Br)ccc2c1. The van der Waals surface area contributed by atoms with Crippen molar-refractivity contribution in [2.45, 2.75) is 0 Å². The van der Waals surface area contributed by atoms with Crippen molar-refractivity contribution in [2.75, 3.05) is 0 Å². The Morgan fingerprint density at radius 2 is 2.15 bits per heavy atom. The summed E-state index contributed by atoms with van der Waals surface area (Å²) in [5.74, 6) is -0.903. The van der Waals surface area contributed by atoms with E-state index in [0.29, 0.717) is 5.56 Å². The molecule has 2 aromatic rings. The number of hydrogen-bond acceptors (Lipinski definition) is 1. The van der Waals surface area contributed by atoms with Gasteiger partial charge in [0, 0.05) is 11.7 Å². The minimum Gasteiger partial charge on any atom is -0.478 e. The van der Waals surface area contributed by atoms with Crippen molar-refractivity contribution in [3.8, 4) is 0 Å². The van der Waals surface area contributed by atoms with E-state index in [9.17, 15) is 4.79 Å². The van der Waals surface area contributed by atoms with Crippen molar-refractivity contribution in [3.05, 3.63) is 40.6 Å². The lowest BCUT2D eigenvalue weighted by molar-refractivity contribution is 0.0697. The molecule has 4 heteroatoms. The second-order valence-corrected chi connectivity index (χ2v) is 3.48. The second kappa shape index (κ2) is 2.88. The maximum atomic E-state index is 10.6. The van der Waals surface area contributed by atoms with Gasteiger partial charge in [-0.05, 0) is 40.2 Å². The Morgan fingerprint density at radius 1 is 1.38 bits per heavy atom. The first-order valence-corrected chi connectivity index (χ1v) is 4.48. The number of carboxylic acid groups (broad SMARTS) is 1. The largest absolute Gasteiger partial charge is 0.478 e. The minimum absolute atomic E-state index is 0.304. The molecule has 66 valence electrons. The third-order valence-corrected chi connectivity index (χ3v) is 2.50. The molecular weight excluding hydrogens is 234 g/mol. The molecule has 0 fully saturated rings. The number of fused-ring (bicyclic) bond motifs is 1. The maximum absolute atomic E-state index is 10.6. The quantitative estimate of drug-likeness (QED) is 0.831. The van der Waals surface area contributed by atoms with Gasteiger partial charge >= 0.3 is 5.97 Å². The Kier molecular flexibility index (Phi) is 1.84. The molecule has 0 bridgehead atoms. The third kappa shape index (κ3) is 1.33. The molecule has 1 N–H and O–H groups in total. The van der Waals surface area contributed by atoms with Crippen LogP contribution in [0.2, 0.25) is 0 Å². The van der Waals surface area contributed by atoms with Gasteiger partial charge in [-0.2, -0.15) is 0 Å². The van der Waals surface area contributed by atoms with Gasteiger partial charge in [0.15, 0.2) is 0 Å². The average Bonchev–Trinajstić information content (AvgIpc) is 2.47. The molecule has 0 aliphatic heterocycles. The van der Waals surface area contributed by atoms with Gasteiger partial charge in [-0.3, -0.25) is 0 Å². The Bertz CT molecular complexity index is 475. The van der Waals surface area contributed by atoms with Crippen LogP contribution in [-0.2, 0) is 0 Å². The van der Waals surface area contributed by atoms with E-state index < -0.39 is 5.97 Å². The zero-order chi connectivity index (χ0) is 9.42. The fourth-order valence-electron chi connectivity index (χ4n) is 1.21. The summed E-state index contributed by atoms with van der Waals surface area (Å²) in [5, 5.41) is 8.73. The van der Waals surface area contributed by atoms with Crippen molar-refractivity contribution in [3.63, 3.8) is 0 Å². The molecule has 0 amide bonds. The van der Waals surface area contributed by atoms with Gasteiger partial charge < -0.3 is 9.51 Å². The van der Waals surface area contributed by atoms with Crippen LogP contribution in [0.5, 0.6) is 0 Å². The third-order valence-electron chi connectivity index (χ3n) is 1.85. The van der Waals surface area contributed by atoms with E-state index in [2.05, 4.69) is 15.9 Å². The van der Waals surface area contributed by atoms with Crippen LogP contribution < -0.4 is 0 Å². The number of aromatic carboxylic acids is 1. The lowest BCUT2D eigenvalue weighted by Crippen LogP contribution is -1.96. The van der Waals surface area contributed by atoms with E-state index >= 15 is 0 Å². The smallest absolute Gasteiger partial charge is 0.335 e. The highest BCUT2D eigenvalue weighted by atomic mass is 79.9. The van der Waals surface area contributed by atoms with Gasteiger partial charge in [-0.1, -0.05) is 0 Å². The fraction of sp³-hybridized carbons (Fsp3) is 0. The second-order valence-electron chi connectivity index (χ2n) is 2.67. The van der Waals surface area contributed by atoms with E-state index in [0.717, 1.165) is 10.1 Å². The summed E-state index contributed by atoms with van der Waals surface area (Å²) in [5.41, 5.74) is 1.17. The van der Waals surface area contributed by atoms with Crippen molar-refractivity contribution < 1.29 is 9.90 Å². The molecule has 0 aliphatic carbocycles. The van der Waals surface area contributed by atoms with Crippen LogP contribution in [0.1, 0.15) is 10.4 Å². The minimum atomic E-state index is -0.903. The molecule has 0 spiro atoms. The number of rotatable bonds is 1. The molecule has 2 rings (SSSR count). The molecule has 0 unspecified atom stereocenters. The maximum Gasteiger partial charge on any atom is 0.335 e. The van der Waals surface area contributed by atoms with Crippen LogP contribution in [0.4, 0.5) is 0 Å². The van der Waals surface area contributed by atoms with E-state index in [1.54, 1.807) is 18.3 Å². The monoisotopic (exact) mass is 239 g/mol. The average molecular weight is 240 g/mol. The number of halogens is 1. The molecule has 3 nitrogen and oxygen atoms in total. The highest BCUT2D eigenvalue weighted by molar-refractivity contribution is 9.10. The van der Waals surface area contributed by atoms with Gasteiger partial charge in [0.2, 0.25) is 0 Å². The Morgan fingerprint density at radius 3 is 2.85 bits per heavy atom. The van der Waals surface area contributed by atoms with E-state index in [-0.39, 0.29) is 0 Å².